The second kappa shape index (κ2) is 6.71. The molecule has 122 valence electrons. The molecule has 0 saturated heterocycles. The number of nitrogens with zero attached hydrogens (tertiary/aromatic N) is 3. The SMILES string of the molecule is CC(c1nnc(-c2cccs2)o1)N1CC=C(c2ccccc2)CC1. The molecule has 0 spiro atoms. The van der Waals surface area contributed by atoms with E-state index in [0.29, 0.717) is 11.8 Å². The number of thiophene rings is 1. The summed E-state index contributed by atoms with van der Waals surface area (Å²) in [5.74, 6) is 1.30. The summed E-state index contributed by atoms with van der Waals surface area (Å²) in [6.07, 6.45) is 3.35. The van der Waals surface area contributed by atoms with Gasteiger partial charge in [0, 0.05) is 13.1 Å². The van der Waals surface area contributed by atoms with Crippen LogP contribution in [-0.2, 0) is 0 Å². The summed E-state index contributed by atoms with van der Waals surface area (Å²) in [6.45, 7) is 4.04. The van der Waals surface area contributed by atoms with E-state index in [1.165, 1.54) is 11.1 Å². The molecule has 3 heterocycles. The summed E-state index contributed by atoms with van der Waals surface area (Å²) in [7, 11) is 0. The lowest BCUT2D eigenvalue weighted by atomic mass is 9.99. The fourth-order valence-electron chi connectivity index (χ4n) is 3.01. The molecule has 1 unspecified atom stereocenters. The highest BCUT2D eigenvalue weighted by Crippen LogP contribution is 2.29. The van der Waals surface area contributed by atoms with Crippen LogP contribution in [0, 0.1) is 0 Å². The van der Waals surface area contributed by atoms with Gasteiger partial charge in [0.15, 0.2) is 0 Å². The van der Waals surface area contributed by atoms with Gasteiger partial charge in [0.1, 0.15) is 0 Å². The van der Waals surface area contributed by atoms with E-state index in [1.54, 1.807) is 11.3 Å². The average molecular weight is 337 g/mol. The summed E-state index contributed by atoms with van der Waals surface area (Å²) in [5, 5.41) is 10.5. The first-order chi connectivity index (χ1) is 11.8. The van der Waals surface area contributed by atoms with E-state index in [0.717, 1.165) is 24.4 Å². The zero-order valence-electron chi connectivity index (χ0n) is 13.6. The maximum atomic E-state index is 5.88. The van der Waals surface area contributed by atoms with Crippen molar-refractivity contribution in [3.8, 4) is 10.8 Å². The van der Waals surface area contributed by atoms with E-state index in [4.69, 9.17) is 4.42 Å². The van der Waals surface area contributed by atoms with Crippen LogP contribution in [0.4, 0.5) is 0 Å². The number of benzene rings is 1. The van der Waals surface area contributed by atoms with Crippen LogP contribution < -0.4 is 0 Å². The smallest absolute Gasteiger partial charge is 0.257 e. The minimum absolute atomic E-state index is 0.125. The van der Waals surface area contributed by atoms with Crippen molar-refractivity contribution in [1.82, 2.24) is 15.1 Å². The van der Waals surface area contributed by atoms with E-state index < -0.39 is 0 Å². The highest BCUT2D eigenvalue weighted by molar-refractivity contribution is 7.13. The Morgan fingerprint density at radius 2 is 2.00 bits per heavy atom. The molecule has 0 fully saturated rings. The second-order valence-electron chi connectivity index (χ2n) is 5.94. The molecule has 0 saturated carbocycles. The lowest BCUT2D eigenvalue weighted by Gasteiger charge is -2.29. The van der Waals surface area contributed by atoms with Crippen LogP contribution in [0.25, 0.3) is 16.3 Å². The molecule has 0 aliphatic carbocycles. The largest absolute Gasteiger partial charge is 0.418 e. The summed E-state index contributed by atoms with van der Waals surface area (Å²) in [6, 6.07) is 14.7. The molecule has 4 rings (SSSR count). The van der Waals surface area contributed by atoms with Gasteiger partial charge in [-0.15, -0.1) is 21.5 Å². The highest BCUT2D eigenvalue weighted by atomic mass is 32.1. The van der Waals surface area contributed by atoms with E-state index in [1.807, 2.05) is 17.5 Å². The van der Waals surface area contributed by atoms with Crippen LogP contribution in [0.15, 0.2) is 58.3 Å². The minimum atomic E-state index is 0.125. The number of rotatable bonds is 4. The summed E-state index contributed by atoms with van der Waals surface area (Å²) in [5.41, 5.74) is 2.74. The predicted molar refractivity (Wildman–Crippen MR) is 96.6 cm³/mol. The zero-order chi connectivity index (χ0) is 16.4. The minimum Gasteiger partial charge on any atom is -0.418 e. The Kier molecular flexibility index (Phi) is 4.28. The zero-order valence-corrected chi connectivity index (χ0v) is 14.4. The second-order valence-corrected chi connectivity index (χ2v) is 6.89. The van der Waals surface area contributed by atoms with Crippen LogP contribution in [0.1, 0.15) is 30.8 Å². The van der Waals surface area contributed by atoms with Crippen molar-refractivity contribution < 1.29 is 4.42 Å². The molecule has 1 aromatic carbocycles. The molecule has 0 N–H and O–H groups in total. The monoisotopic (exact) mass is 337 g/mol. The topological polar surface area (TPSA) is 42.2 Å². The van der Waals surface area contributed by atoms with Crippen molar-refractivity contribution in [2.45, 2.75) is 19.4 Å². The molecule has 0 amide bonds. The third-order valence-electron chi connectivity index (χ3n) is 4.46. The molecular weight excluding hydrogens is 318 g/mol. The molecule has 24 heavy (non-hydrogen) atoms. The van der Waals surface area contributed by atoms with Gasteiger partial charge in [0.05, 0.1) is 10.9 Å². The summed E-state index contributed by atoms with van der Waals surface area (Å²) in [4.78, 5) is 3.39. The van der Waals surface area contributed by atoms with Crippen molar-refractivity contribution in [3.63, 3.8) is 0 Å². The van der Waals surface area contributed by atoms with Gasteiger partial charge in [-0.1, -0.05) is 42.5 Å². The third-order valence-corrected chi connectivity index (χ3v) is 5.32. The number of hydrogen-bond acceptors (Lipinski definition) is 5. The van der Waals surface area contributed by atoms with Gasteiger partial charge in [-0.05, 0) is 35.9 Å². The molecule has 5 heteroatoms. The molecule has 1 aliphatic rings. The number of aromatic nitrogens is 2. The Morgan fingerprint density at radius 1 is 1.12 bits per heavy atom. The Morgan fingerprint density at radius 3 is 2.71 bits per heavy atom. The normalized spacial score (nSPS) is 16.8. The van der Waals surface area contributed by atoms with Crippen LogP contribution >= 0.6 is 11.3 Å². The first-order valence-corrected chi connectivity index (χ1v) is 9.05. The van der Waals surface area contributed by atoms with Gasteiger partial charge >= 0.3 is 0 Å². The van der Waals surface area contributed by atoms with Crippen LogP contribution in [0.2, 0.25) is 0 Å². The maximum Gasteiger partial charge on any atom is 0.257 e. The Balaban J connectivity index is 1.46. The molecule has 0 bridgehead atoms. The van der Waals surface area contributed by atoms with Gasteiger partial charge in [0.25, 0.3) is 5.89 Å². The van der Waals surface area contributed by atoms with Crippen LogP contribution in [-0.4, -0.2) is 28.2 Å². The molecule has 1 aliphatic heterocycles. The van der Waals surface area contributed by atoms with E-state index in [-0.39, 0.29) is 6.04 Å². The Labute approximate surface area is 145 Å². The summed E-state index contributed by atoms with van der Waals surface area (Å²) >= 11 is 1.62. The predicted octanol–water partition coefficient (Wildman–Crippen LogP) is 4.65. The fraction of sp³-hybridized carbons (Fsp3) is 0.263. The number of hydrogen-bond donors (Lipinski definition) is 0. The van der Waals surface area contributed by atoms with Crippen molar-refractivity contribution in [3.05, 3.63) is 65.4 Å². The standard InChI is InChI=1S/C19H19N3OS/c1-14(18-20-21-19(23-18)17-8-5-13-24-17)22-11-9-16(10-12-22)15-6-3-2-4-7-15/h2-9,13-14H,10-12H2,1H3. The van der Waals surface area contributed by atoms with Gasteiger partial charge < -0.3 is 4.42 Å². The first-order valence-electron chi connectivity index (χ1n) is 8.17. The molecule has 0 radical (unpaired) electrons. The van der Waals surface area contributed by atoms with Crippen molar-refractivity contribution in [2.24, 2.45) is 0 Å². The maximum absolute atomic E-state index is 5.88. The van der Waals surface area contributed by atoms with Gasteiger partial charge in [0.2, 0.25) is 5.89 Å². The lowest BCUT2D eigenvalue weighted by molar-refractivity contribution is 0.202. The Hall–Kier alpha value is -2.24. The lowest BCUT2D eigenvalue weighted by Crippen LogP contribution is -2.31. The third kappa shape index (κ3) is 3.05. The van der Waals surface area contributed by atoms with Crippen LogP contribution in [0.5, 0.6) is 0 Å². The van der Waals surface area contributed by atoms with Gasteiger partial charge in [-0.3, -0.25) is 4.90 Å². The van der Waals surface area contributed by atoms with Gasteiger partial charge in [-0.2, -0.15) is 0 Å². The molecule has 4 nitrogen and oxygen atoms in total. The van der Waals surface area contributed by atoms with E-state index >= 15 is 0 Å². The molecular formula is C19H19N3OS. The quantitative estimate of drug-likeness (QED) is 0.695. The Bertz CT molecular complexity index is 823. The molecule has 1 atom stereocenters. The first kappa shape index (κ1) is 15.3. The van der Waals surface area contributed by atoms with E-state index in [2.05, 4.69) is 58.4 Å². The summed E-state index contributed by atoms with van der Waals surface area (Å²) < 4.78 is 5.88. The van der Waals surface area contributed by atoms with Crippen molar-refractivity contribution in [1.29, 1.82) is 0 Å². The molecule has 2 aromatic heterocycles. The van der Waals surface area contributed by atoms with E-state index in [9.17, 15) is 0 Å². The fourth-order valence-corrected chi connectivity index (χ4v) is 3.65. The molecule has 3 aromatic rings. The van der Waals surface area contributed by atoms with Crippen molar-refractivity contribution in [2.75, 3.05) is 13.1 Å². The average Bonchev–Trinajstić information content (AvgIpc) is 3.33. The van der Waals surface area contributed by atoms with Crippen LogP contribution in [0.3, 0.4) is 0 Å². The highest BCUT2D eigenvalue weighted by Gasteiger charge is 2.24. The van der Waals surface area contributed by atoms with Gasteiger partial charge in [-0.25, -0.2) is 0 Å². The van der Waals surface area contributed by atoms with Crippen molar-refractivity contribution >= 4 is 16.9 Å².